The minimum Gasteiger partial charge on any atom is -0.493 e. The molecule has 0 saturated heterocycles. The standard InChI is InChI=1S/C20H27NO2/c1-21(2)18-13-14-19(20(16-18)22-3)23-15-9-5-8-12-17-10-6-4-7-11-17/h4,6-7,10-11,13-14,16H,5,8-9,12,15H2,1-3H3. The molecule has 2 aromatic rings. The van der Waals surface area contributed by atoms with Crippen LogP contribution < -0.4 is 14.4 Å². The van der Waals surface area contributed by atoms with E-state index in [1.165, 1.54) is 18.4 Å². The van der Waals surface area contributed by atoms with Gasteiger partial charge in [-0.1, -0.05) is 30.3 Å². The van der Waals surface area contributed by atoms with Crippen molar-refractivity contribution in [1.82, 2.24) is 0 Å². The number of methoxy groups -OCH3 is 1. The molecule has 0 amide bonds. The van der Waals surface area contributed by atoms with Crippen molar-refractivity contribution in [2.24, 2.45) is 0 Å². The van der Waals surface area contributed by atoms with Crippen LogP contribution in [0.3, 0.4) is 0 Å². The molecule has 23 heavy (non-hydrogen) atoms. The Bertz CT molecular complexity index is 581. The van der Waals surface area contributed by atoms with E-state index in [9.17, 15) is 0 Å². The second-order valence-electron chi connectivity index (χ2n) is 5.87. The molecule has 2 rings (SSSR count). The van der Waals surface area contributed by atoms with Gasteiger partial charge in [0.05, 0.1) is 13.7 Å². The van der Waals surface area contributed by atoms with Crippen LogP contribution in [0.5, 0.6) is 11.5 Å². The van der Waals surface area contributed by atoms with Gasteiger partial charge in [-0.05, 0) is 43.4 Å². The predicted octanol–water partition coefficient (Wildman–Crippen LogP) is 4.55. The van der Waals surface area contributed by atoms with Crippen molar-refractivity contribution in [3.8, 4) is 11.5 Å². The topological polar surface area (TPSA) is 21.7 Å². The summed E-state index contributed by atoms with van der Waals surface area (Å²) in [6.07, 6.45) is 4.57. The summed E-state index contributed by atoms with van der Waals surface area (Å²) in [4.78, 5) is 2.05. The third-order valence-electron chi connectivity index (χ3n) is 3.87. The Morgan fingerprint density at radius 3 is 2.35 bits per heavy atom. The number of rotatable bonds is 9. The first-order chi connectivity index (χ1) is 11.2. The third-order valence-corrected chi connectivity index (χ3v) is 3.87. The van der Waals surface area contributed by atoms with Crippen LogP contribution in [0.15, 0.2) is 48.5 Å². The maximum atomic E-state index is 5.87. The number of nitrogens with zero attached hydrogens (tertiary/aromatic N) is 1. The van der Waals surface area contributed by atoms with E-state index < -0.39 is 0 Å². The first-order valence-electron chi connectivity index (χ1n) is 8.23. The van der Waals surface area contributed by atoms with Crippen LogP contribution in [0.4, 0.5) is 5.69 Å². The molecule has 0 bridgehead atoms. The molecule has 2 aromatic carbocycles. The highest BCUT2D eigenvalue weighted by molar-refractivity contribution is 5.55. The van der Waals surface area contributed by atoms with Gasteiger partial charge in [-0.3, -0.25) is 0 Å². The van der Waals surface area contributed by atoms with Gasteiger partial charge < -0.3 is 14.4 Å². The van der Waals surface area contributed by atoms with E-state index in [4.69, 9.17) is 9.47 Å². The van der Waals surface area contributed by atoms with Gasteiger partial charge in [0.2, 0.25) is 0 Å². The first kappa shape index (κ1) is 17.2. The predicted molar refractivity (Wildman–Crippen MR) is 96.8 cm³/mol. The Morgan fingerprint density at radius 2 is 1.65 bits per heavy atom. The number of benzene rings is 2. The Morgan fingerprint density at radius 1 is 0.870 bits per heavy atom. The minimum atomic E-state index is 0.729. The third kappa shape index (κ3) is 5.51. The summed E-state index contributed by atoms with van der Waals surface area (Å²) in [6.45, 7) is 0.729. The fourth-order valence-corrected chi connectivity index (χ4v) is 2.49. The number of hydrogen-bond donors (Lipinski definition) is 0. The fourth-order valence-electron chi connectivity index (χ4n) is 2.49. The molecule has 0 aliphatic heterocycles. The van der Waals surface area contributed by atoms with Crippen LogP contribution in [0, 0.1) is 0 Å². The Hall–Kier alpha value is -2.16. The van der Waals surface area contributed by atoms with Crippen molar-refractivity contribution < 1.29 is 9.47 Å². The molecule has 0 aliphatic carbocycles. The second-order valence-corrected chi connectivity index (χ2v) is 5.87. The molecule has 0 atom stereocenters. The number of aryl methyl sites for hydroxylation is 1. The lowest BCUT2D eigenvalue weighted by atomic mass is 10.1. The molecular formula is C20H27NO2. The van der Waals surface area contributed by atoms with E-state index >= 15 is 0 Å². The molecule has 3 heteroatoms. The van der Waals surface area contributed by atoms with Gasteiger partial charge in [0.25, 0.3) is 0 Å². The molecule has 124 valence electrons. The van der Waals surface area contributed by atoms with Gasteiger partial charge in [0.1, 0.15) is 0 Å². The second kappa shape index (κ2) is 9.09. The van der Waals surface area contributed by atoms with E-state index in [0.29, 0.717) is 0 Å². The fraction of sp³-hybridized carbons (Fsp3) is 0.400. The SMILES string of the molecule is COc1cc(N(C)C)ccc1OCCCCCc1ccccc1. The summed E-state index contributed by atoms with van der Waals surface area (Å²) in [5.41, 5.74) is 2.52. The average molecular weight is 313 g/mol. The summed E-state index contributed by atoms with van der Waals surface area (Å²) in [7, 11) is 5.71. The maximum absolute atomic E-state index is 5.87. The van der Waals surface area contributed by atoms with E-state index in [1.54, 1.807) is 7.11 Å². The Kier molecular flexibility index (Phi) is 6.79. The minimum absolute atomic E-state index is 0.729. The molecule has 0 saturated carbocycles. The highest BCUT2D eigenvalue weighted by Crippen LogP contribution is 2.31. The summed E-state index contributed by atoms with van der Waals surface area (Å²) < 4.78 is 11.3. The molecule has 0 N–H and O–H groups in total. The highest BCUT2D eigenvalue weighted by Gasteiger charge is 2.06. The zero-order valence-corrected chi connectivity index (χ0v) is 14.4. The lowest BCUT2D eigenvalue weighted by molar-refractivity contribution is 0.285. The van der Waals surface area contributed by atoms with Crippen LogP contribution in [-0.2, 0) is 6.42 Å². The number of ether oxygens (including phenoxy) is 2. The number of hydrogen-bond acceptors (Lipinski definition) is 3. The van der Waals surface area contributed by atoms with Gasteiger partial charge in [-0.25, -0.2) is 0 Å². The Labute approximate surface area is 139 Å². The maximum Gasteiger partial charge on any atom is 0.162 e. The van der Waals surface area contributed by atoms with E-state index in [0.717, 1.165) is 36.6 Å². The summed E-state index contributed by atoms with van der Waals surface area (Å²) in [6, 6.07) is 16.7. The molecule has 0 aliphatic rings. The smallest absolute Gasteiger partial charge is 0.162 e. The van der Waals surface area contributed by atoms with Gasteiger partial charge >= 0.3 is 0 Å². The molecule has 0 radical (unpaired) electrons. The van der Waals surface area contributed by atoms with Crippen LogP contribution in [-0.4, -0.2) is 27.8 Å². The molecule has 0 unspecified atom stereocenters. The highest BCUT2D eigenvalue weighted by atomic mass is 16.5. The van der Waals surface area contributed by atoms with Crippen molar-refractivity contribution in [3.05, 3.63) is 54.1 Å². The normalized spacial score (nSPS) is 10.4. The van der Waals surface area contributed by atoms with Crippen molar-refractivity contribution >= 4 is 5.69 Å². The summed E-state index contributed by atoms with van der Waals surface area (Å²) in [5, 5.41) is 0. The molecule has 0 fully saturated rings. The lowest BCUT2D eigenvalue weighted by Crippen LogP contribution is -2.09. The van der Waals surface area contributed by atoms with Gasteiger partial charge in [-0.15, -0.1) is 0 Å². The largest absolute Gasteiger partial charge is 0.493 e. The number of anilines is 1. The van der Waals surface area contributed by atoms with Crippen LogP contribution in [0.25, 0.3) is 0 Å². The van der Waals surface area contributed by atoms with E-state index in [-0.39, 0.29) is 0 Å². The quantitative estimate of drug-likeness (QED) is 0.634. The van der Waals surface area contributed by atoms with Crippen molar-refractivity contribution in [1.29, 1.82) is 0 Å². The monoisotopic (exact) mass is 313 g/mol. The average Bonchev–Trinajstić information content (AvgIpc) is 2.58. The van der Waals surface area contributed by atoms with Gasteiger partial charge in [0.15, 0.2) is 11.5 Å². The van der Waals surface area contributed by atoms with Crippen LogP contribution >= 0.6 is 0 Å². The Balaban J connectivity index is 1.71. The van der Waals surface area contributed by atoms with Gasteiger partial charge in [-0.2, -0.15) is 0 Å². The van der Waals surface area contributed by atoms with Gasteiger partial charge in [0, 0.05) is 25.8 Å². The van der Waals surface area contributed by atoms with E-state index in [1.807, 2.05) is 32.3 Å². The van der Waals surface area contributed by atoms with Crippen molar-refractivity contribution in [2.45, 2.75) is 25.7 Å². The first-order valence-corrected chi connectivity index (χ1v) is 8.23. The molecule has 0 spiro atoms. The molecule has 0 heterocycles. The summed E-state index contributed by atoms with van der Waals surface area (Å²) in [5.74, 6) is 1.61. The van der Waals surface area contributed by atoms with E-state index in [2.05, 4.69) is 35.2 Å². The number of unbranched alkanes of at least 4 members (excludes halogenated alkanes) is 2. The molecular weight excluding hydrogens is 286 g/mol. The van der Waals surface area contributed by atoms with Crippen molar-refractivity contribution in [3.63, 3.8) is 0 Å². The zero-order valence-electron chi connectivity index (χ0n) is 14.4. The van der Waals surface area contributed by atoms with Crippen molar-refractivity contribution in [2.75, 3.05) is 32.7 Å². The molecule has 3 nitrogen and oxygen atoms in total. The van der Waals surface area contributed by atoms with Crippen LogP contribution in [0.2, 0.25) is 0 Å². The lowest BCUT2D eigenvalue weighted by Gasteiger charge is -2.16. The molecule has 0 aromatic heterocycles. The van der Waals surface area contributed by atoms with Crippen LogP contribution in [0.1, 0.15) is 24.8 Å². The summed E-state index contributed by atoms with van der Waals surface area (Å²) >= 11 is 0. The zero-order chi connectivity index (χ0) is 16.5.